The minimum atomic E-state index is 0.857. The molecule has 0 N–H and O–H groups in total. The van der Waals surface area contributed by atoms with Crippen LogP contribution in [0.4, 0.5) is 0 Å². The second-order valence-electron chi connectivity index (χ2n) is 5.13. The Kier molecular flexibility index (Phi) is 2.39. The standard InChI is InChI=1S/C14H17Br/c1-9-7-12-10-3-2-4-11(6-5-10)13(12)8-14(9)15/h7-8,10-11H,2-6H2,1H3. The van der Waals surface area contributed by atoms with E-state index in [2.05, 4.69) is 35.0 Å². The molecule has 0 radical (unpaired) electrons. The van der Waals surface area contributed by atoms with E-state index in [-0.39, 0.29) is 0 Å². The second kappa shape index (κ2) is 3.62. The minimum absolute atomic E-state index is 0.857. The van der Waals surface area contributed by atoms with Gasteiger partial charge in [-0.15, -0.1) is 0 Å². The SMILES string of the molecule is Cc1cc2c(cc1Br)C1CCCC2CC1. The molecule has 1 fully saturated rings. The van der Waals surface area contributed by atoms with Crippen LogP contribution in [0.15, 0.2) is 16.6 Å². The maximum Gasteiger partial charge on any atom is 0.0207 e. The summed E-state index contributed by atoms with van der Waals surface area (Å²) in [6.45, 7) is 2.21. The van der Waals surface area contributed by atoms with Crippen LogP contribution in [0, 0.1) is 6.92 Å². The van der Waals surface area contributed by atoms with E-state index in [1.165, 1.54) is 42.1 Å². The van der Waals surface area contributed by atoms with Crippen molar-refractivity contribution in [1.29, 1.82) is 0 Å². The van der Waals surface area contributed by atoms with Gasteiger partial charge in [-0.2, -0.15) is 0 Å². The molecule has 0 aromatic heterocycles. The highest BCUT2D eigenvalue weighted by molar-refractivity contribution is 9.10. The molecule has 0 aliphatic heterocycles. The van der Waals surface area contributed by atoms with Gasteiger partial charge in [-0.3, -0.25) is 0 Å². The van der Waals surface area contributed by atoms with Crippen molar-refractivity contribution >= 4 is 15.9 Å². The molecule has 1 aromatic carbocycles. The molecular weight excluding hydrogens is 248 g/mol. The van der Waals surface area contributed by atoms with Crippen molar-refractivity contribution in [3.05, 3.63) is 33.3 Å². The van der Waals surface area contributed by atoms with Crippen LogP contribution in [0.3, 0.4) is 0 Å². The molecule has 0 saturated heterocycles. The van der Waals surface area contributed by atoms with Crippen LogP contribution in [-0.4, -0.2) is 0 Å². The smallest absolute Gasteiger partial charge is 0.0207 e. The maximum atomic E-state index is 3.67. The number of hydrogen-bond acceptors (Lipinski definition) is 0. The third-order valence-electron chi connectivity index (χ3n) is 4.21. The second-order valence-corrected chi connectivity index (χ2v) is 5.99. The van der Waals surface area contributed by atoms with E-state index >= 15 is 0 Å². The van der Waals surface area contributed by atoms with E-state index in [4.69, 9.17) is 0 Å². The van der Waals surface area contributed by atoms with Crippen molar-refractivity contribution in [3.63, 3.8) is 0 Å². The average Bonchev–Trinajstić information content (AvgIpc) is 2.53. The highest BCUT2D eigenvalue weighted by Gasteiger charge is 2.30. The number of benzene rings is 1. The van der Waals surface area contributed by atoms with Crippen LogP contribution < -0.4 is 0 Å². The molecule has 3 aliphatic carbocycles. The predicted octanol–water partition coefficient (Wildman–Crippen LogP) is 4.90. The molecule has 3 aliphatic rings. The van der Waals surface area contributed by atoms with Crippen molar-refractivity contribution in [1.82, 2.24) is 0 Å². The predicted molar refractivity (Wildman–Crippen MR) is 67.4 cm³/mol. The quantitative estimate of drug-likeness (QED) is 0.625. The Morgan fingerprint density at radius 2 is 1.60 bits per heavy atom. The van der Waals surface area contributed by atoms with Gasteiger partial charge in [0.05, 0.1) is 0 Å². The van der Waals surface area contributed by atoms with Gasteiger partial charge in [0.2, 0.25) is 0 Å². The van der Waals surface area contributed by atoms with Crippen LogP contribution >= 0.6 is 15.9 Å². The summed E-state index contributed by atoms with van der Waals surface area (Å²) < 4.78 is 1.30. The third kappa shape index (κ3) is 1.56. The molecule has 15 heavy (non-hydrogen) atoms. The maximum absolute atomic E-state index is 3.67. The molecule has 1 saturated carbocycles. The molecule has 2 unspecified atom stereocenters. The first-order chi connectivity index (χ1) is 7.25. The van der Waals surface area contributed by atoms with E-state index < -0.39 is 0 Å². The molecular formula is C14H17Br. The summed E-state index contributed by atoms with van der Waals surface area (Å²) in [6.07, 6.45) is 7.12. The minimum Gasteiger partial charge on any atom is -0.0544 e. The Labute approximate surface area is 100 Å². The molecule has 0 spiro atoms. The lowest BCUT2D eigenvalue weighted by Gasteiger charge is -2.28. The molecule has 4 rings (SSSR count). The monoisotopic (exact) mass is 264 g/mol. The molecule has 0 nitrogen and oxygen atoms in total. The topological polar surface area (TPSA) is 0 Å². The van der Waals surface area contributed by atoms with E-state index in [9.17, 15) is 0 Å². The van der Waals surface area contributed by atoms with Gasteiger partial charge in [-0.05, 0) is 67.2 Å². The van der Waals surface area contributed by atoms with Gasteiger partial charge in [0.25, 0.3) is 0 Å². The Balaban J connectivity index is 2.18. The number of fused-ring (bicyclic) bond motifs is 3. The zero-order chi connectivity index (χ0) is 10.4. The van der Waals surface area contributed by atoms with Gasteiger partial charge in [0.1, 0.15) is 0 Å². The first-order valence-corrected chi connectivity index (χ1v) is 6.85. The highest BCUT2D eigenvalue weighted by Crippen LogP contribution is 2.48. The largest absolute Gasteiger partial charge is 0.0544 e. The molecule has 1 aromatic rings. The van der Waals surface area contributed by atoms with Crippen molar-refractivity contribution in [2.75, 3.05) is 0 Å². The summed E-state index contributed by atoms with van der Waals surface area (Å²) in [5.74, 6) is 1.72. The van der Waals surface area contributed by atoms with Gasteiger partial charge in [-0.1, -0.05) is 28.4 Å². The van der Waals surface area contributed by atoms with Crippen LogP contribution in [0.2, 0.25) is 0 Å². The summed E-state index contributed by atoms with van der Waals surface area (Å²) in [5, 5.41) is 0. The summed E-state index contributed by atoms with van der Waals surface area (Å²) in [7, 11) is 0. The first-order valence-electron chi connectivity index (χ1n) is 6.05. The van der Waals surface area contributed by atoms with Gasteiger partial charge in [-0.25, -0.2) is 0 Å². The lowest BCUT2D eigenvalue weighted by Crippen LogP contribution is -2.11. The summed E-state index contributed by atoms with van der Waals surface area (Å²) in [6, 6.07) is 4.83. The van der Waals surface area contributed by atoms with E-state index in [1.807, 2.05) is 0 Å². The van der Waals surface area contributed by atoms with Gasteiger partial charge < -0.3 is 0 Å². The number of halogens is 1. The van der Waals surface area contributed by atoms with Crippen LogP contribution in [0.1, 0.15) is 60.6 Å². The molecule has 2 bridgehead atoms. The Bertz CT molecular complexity index is 354. The fourth-order valence-electron chi connectivity index (χ4n) is 3.35. The van der Waals surface area contributed by atoms with Crippen LogP contribution in [-0.2, 0) is 0 Å². The van der Waals surface area contributed by atoms with E-state index in [0.29, 0.717) is 0 Å². The van der Waals surface area contributed by atoms with Crippen molar-refractivity contribution in [3.8, 4) is 0 Å². The molecule has 0 heterocycles. The van der Waals surface area contributed by atoms with Crippen molar-refractivity contribution < 1.29 is 0 Å². The summed E-state index contributed by atoms with van der Waals surface area (Å²) >= 11 is 3.67. The van der Waals surface area contributed by atoms with E-state index in [1.54, 1.807) is 11.1 Å². The van der Waals surface area contributed by atoms with Gasteiger partial charge >= 0.3 is 0 Å². The molecule has 80 valence electrons. The van der Waals surface area contributed by atoms with Crippen LogP contribution in [0.25, 0.3) is 0 Å². The summed E-state index contributed by atoms with van der Waals surface area (Å²) in [4.78, 5) is 0. The van der Waals surface area contributed by atoms with E-state index in [0.717, 1.165) is 11.8 Å². The Morgan fingerprint density at radius 1 is 1.00 bits per heavy atom. The van der Waals surface area contributed by atoms with Gasteiger partial charge in [0.15, 0.2) is 0 Å². The molecule has 2 atom stereocenters. The molecule has 1 heteroatoms. The lowest BCUT2D eigenvalue weighted by molar-refractivity contribution is 0.526. The number of hydrogen-bond donors (Lipinski definition) is 0. The Hall–Kier alpha value is -0.300. The van der Waals surface area contributed by atoms with Crippen molar-refractivity contribution in [2.45, 2.75) is 50.9 Å². The molecule has 0 amide bonds. The van der Waals surface area contributed by atoms with Crippen molar-refractivity contribution in [2.24, 2.45) is 0 Å². The Morgan fingerprint density at radius 3 is 2.27 bits per heavy atom. The summed E-state index contributed by atoms with van der Waals surface area (Å²) in [5.41, 5.74) is 4.73. The fourth-order valence-corrected chi connectivity index (χ4v) is 3.71. The lowest BCUT2D eigenvalue weighted by atomic mass is 9.78. The highest BCUT2D eigenvalue weighted by atomic mass is 79.9. The first kappa shape index (κ1) is 9.89. The number of aryl methyl sites for hydroxylation is 1. The van der Waals surface area contributed by atoms with Crippen LogP contribution in [0.5, 0.6) is 0 Å². The fraction of sp³-hybridized carbons (Fsp3) is 0.571. The van der Waals surface area contributed by atoms with Gasteiger partial charge in [0, 0.05) is 4.47 Å². The number of rotatable bonds is 0. The third-order valence-corrected chi connectivity index (χ3v) is 5.07. The zero-order valence-corrected chi connectivity index (χ0v) is 10.8. The normalized spacial score (nSPS) is 28.7. The zero-order valence-electron chi connectivity index (χ0n) is 9.22. The average molecular weight is 265 g/mol.